The van der Waals surface area contributed by atoms with Crippen molar-refractivity contribution < 1.29 is 4.42 Å². The summed E-state index contributed by atoms with van der Waals surface area (Å²) in [7, 11) is 15.9. The minimum Gasteiger partial charge on any atom is -0.456 e. The average molecular weight is 728 g/mol. The van der Waals surface area contributed by atoms with Crippen LogP contribution in [0.5, 0.6) is 0 Å². The van der Waals surface area contributed by atoms with Crippen molar-refractivity contribution in [1.82, 2.24) is 0 Å². The third-order valence-electron chi connectivity index (χ3n) is 14.3. The zero-order valence-corrected chi connectivity index (χ0v) is 34.0. The molecule has 0 aliphatic carbocycles. The first kappa shape index (κ1) is 33.9. The molecule has 0 atom stereocenters. The molecule has 0 aliphatic rings. The van der Waals surface area contributed by atoms with Crippen molar-refractivity contribution in [1.29, 1.82) is 0 Å². The van der Waals surface area contributed by atoms with Crippen LogP contribution in [0.4, 0.5) is 0 Å². The predicted octanol–water partition coefficient (Wildman–Crippen LogP) is 2.19. The van der Waals surface area contributed by atoms with E-state index >= 15 is 0 Å². The van der Waals surface area contributed by atoms with Crippen LogP contribution in [0.3, 0.4) is 0 Å². The maximum Gasteiger partial charge on any atom is 0.143 e. The molecule has 0 aliphatic heterocycles. The van der Waals surface area contributed by atoms with Crippen molar-refractivity contribution in [2.75, 3.05) is 0 Å². The Hall–Kier alpha value is -6.25. The smallest absolute Gasteiger partial charge is 0.143 e. The summed E-state index contributed by atoms with van der Waals surface area (Å²) < 4.78 is 7.19. The fourth-order valence-electron chi connectivity index (χ4n) is 10.7. The van der Waals surface area contributed by atoms with Crippen molar-refractivity contribution >= 4 is 180 Å². The summed E-state index contributed by atoms with van der Waals surface area (Å²) in [5.41, 5.74) is 18.3. The van der Waals surface area contributed by atoms with E-state index in [0.29, 0.717) is 0 Å². The molecule has 0 bridgehead atoms. The van der Waals surface area contributed by atoms with Gasteiger partial charge in [0.1, 0.15) is 66.1 Å². The minimum absolute atomic E-state index is 0.987. The molecule has 1 aromatic heterocycles. The first-order chi connectivity index (χ1) is 28.2. The van der Waals surface area contributed by atoms with E-state index in [-0.39, 0.29) is 0 Å². The molecule has 0 unspecified atom stereocenters. The highest BCUT2D eigenvalue weighted by Gasteiger charge is 2.24. The third-order valence-corrected chi connectivity index (χ3v) is 14.3. The number of fused-ring (bicyclic) bond motifs is 3. The van der Waals surface area contributed by atoms with Gasteiger partial charge in [0.2, 0.25) is 0 Å². The summed E-state index contributed by atoms with van der Waals surface area (Å²) in [6, 6.07) is 48.4. The van der Waals surface area contributed by atoms with Crippen molar-refractivity contribution in [2.45, 2.75) is 0 Å². The topological polar surface area (TPSA) is 13.1 Å². The normalized spacial score (nSPS) is 12.3. The van der Waals surface area contributed by atoms with E-state index in [0.717, 1.165) is 11.2 Å². The van der Waals surface area contributed by atoms with Crippen LogP contribution >= 0.6 is 0 Å². The van der Waals surface area contributed by atoms with Gasteiger partial charge in [-0.25, -0.2) is 0 Å². The summed E-state index contributed by atoms with van der Waals surface area (Å²) in [5.74, 6) is 0. The van der Waals surface area contributed by atoms with Crippen LogP contribution in [-0.2, 0) is 0 Å². The molecule has 262 valence electrons. The highest BCUT2D eigenvalue weighted by Crippen LogP contribution is 2.45. The van der Waals surface area contributed by atoms with Crippen molar-refractivity contribution in [3.63, 3.8) is 0 Å². The highest BCUT2D eigenvalue weighted by molar-refractivity contribution is 6.69. The Morgan fingerprint density at radius 1 is 0.293 bits per heavy atom. The lowest BCUT2D eigenvalue weighted by molar-refractivity contribution is 0.673. The standard InChI is InChI=1S/C50H35B7O/c51-42-39(49-40(43(52)45(42)54)41-44(53)46(55)47(56)48(57)50(41)58-49)30-20-28(31-15-11-26-9-7-22-3-1-5-24-13-17-33(31)37(26)35(22)24)19-29(21-30)32-16-12-27-10-8-23-4-2-6-25-14-18-34(32)38(27)36(23)25/h1-21H,51-57H2. The second-order valence-corrected chi connectivity index (χ2v) is 17.0. The maximum absolute atomic E-state index is 7.19. The molecule has 0 fully saturated rings. The largest absolute Gasteiger partial charge is 0.456 e. The van der Waals surface area contributed by atoms with E-state index in [9.17, 15) is 0 Å². The van der Waals surface area contributed by atoms with Crippen LogP contribution in [0, 0.1) is 0 Å². The van der Waals surface area contributed by atoms with Gasteiger partial charge in [-0.05, 0) is 111 Å². The van der Waals surface area contributed by atoms with Gasteiger partial charge in [0.15, 0.2) is 0 Å². The first-order valence-corrected chi connectivity index (χ1v) is 20.6. The summed E-state index contributed by atoms with van der Waals surface area (Å²) in [4.78, 5) is 0. The number of hydrogen-bond donors (Lipinski definition) is 0. The van der Waals surface area contributed by atoms with E-state index in [1.807, 2.05) is 0 Å². The zero-order chi connectivity index (χ0) is 39.3. The minimum atomic E-state index is 0.987. The molecular weight excluding hydrogens is 692 g/mol. The van der Waals surface area contributed by atoms with Gasteiger partial charge >= 0.3 is 0 Å². The summed E-state index contributed by atoms with van der Waals surface area (Å²) >= 11 is 0. The van der Waals surface area contributed by atoms with Crippen LogP contribution in [0.1, 0.15) is 0 Å². The van der Waals surface area contributed by atoms with Gasteiger partial charge < -0.3 is 4.42 Å². The molecular formula is C50H35B7O. The first-order valence-electron chi connectivity index (χ1n) is 20.6. The highest BCUT2D eigenvalue weighted by atomic mass is 16.3. The molecule has 0 amide bonds. The number of furan rings is 1. The molecule has 1 heterocycles. The van der Waals surface area contributed by atoms with Crippen LogP contribution in [0.2, 0.25) is 0 Å². The zero-order valence-electron chi connectivity index (χ0n) is 34.0. The Bertz CT molecular complexity index is 3570. The molecule has 1 nitrogen and oxygen atoms in total. The lowest BCUT2D eigenvalue weighted by Gasteiger charge is -2.19. The summed E-state index contributed by atoms with van der Waals surface area (Å²) in [6.45, 7) is 0. The second kappa shape index (κ2) is 11.9. The lowest BCUT2D eigenvalue weighted by Crippen LogP contribution is -2.47. The van der Waals surface area contributed by atoms with E-state index in [4.69, 9.17) is 4.42 Å². The predicted molar refractivity (Wildman–Crippen MR) is 275 cm³/mol. The number of rotatable bonds is 3. The Balaban J connectivity index is 1.22. The molecule has 0 saturated heterocycles. The van der Waals surface area contributed by atoms with Crippen LogP contribution in [0.15, 0.2) is 132 Å². The van der Waals surface area contributed by atoms with Gasteiger partial charge in [-0.2, -0.15) is 0 Å². The van der Waals surface area contributed by atoms with E-state index in [1.54, 1.807) is 0 Å². The van der Waals surface area contributed by atoms with Gasteiger partial charge in [0.05, 0.1) is 0 Å². The fraction of sp³-hybridized carbons (Fsp3) is 0. The van der Waals surface area contributed by atoms with Gasteiger partial charge in [0.25, 0.3) is 0 Å². The Morgan fingerprint density at radius 2 is 0.672 bits per heavy atom. The lowest BCUT2D eigenvalue weighted by atomic mass is 9.64. The van der Waals surface area contributed by atoms with Crippen molar-refractivity contribution in [3.8, 4) is 33.4 Å². The van der Waals surface area contributed by atoms with E-state index < -0.39 is 0 Å². The average Bonchev–Trinajstić information content (AvgIpc) is 3.65. The summed E-state index contributed by atoms with van der Waals surface area (Å²) in [5, 5.41) is 18.1. The molecule has 8 heteroatoms. The number of hydrogen-bond acceptors (Lipinski definition) is 1. The van der Waals surface area contributed by atoms with Crippen molar-refractivity contribution in [2.24, 2.45) is 0 Å². The molecule has 12 aromatic rings. The van der Waals surface area contributed by atoms with Crippen LogP contribution in [0.25, 0.3) is 120 Å². The second-order valence-electron chi connectivity index (χ2n) is 17.0. The van der Waals surface area contributed by atoms with Crippen molar-refractivity contribution in [3.05, 3.63) is 127 Å². The quantitative estimate of drug-likeness (QED) is 0.201. The Labute approximate surface area is 343 Å². The molecule has 0 spiro atoms. The fourth-order valence-corrected chi connectivity index (χ4v) is 10.7. The number of benzene rings is 11. The Kier molecular flexibility index (Phi) is 6.95. The molecule has 0 saturated carbocycles. The molecule has 11 aromatic carbocycles. The van der Waals surface area contributed by atoms with Gasteiger partial charge in [-0.1, -0.05) is 142 Å². The SMILES string of the molecule is Bc1c(B)c(B)c2c(oc3c(-c4cc(-c5ccc6ccc7cccc8ccc5c6c78)cc(-c5ccc6ccc7cccc8ccc5c6c78)c4)c(B)c(B)c(B)c32)c1B. The molecule has 0 radical (unpaired) electrons. The Morgan fingerprint density at radius 3 is 1.17 bits per heavy atom. The van der Waals surface area contributed by atoms with Crippen LogP contribution < -0.4 is 38.2 Å². The molecule has 12 rings (SSSR count). The molecule has 58 heavy (non-hydrogen) atoms. The van der Waals surface area contributed by atoms with Gasteiger partial charge in [0, 0.05) is 16.3 Å². The monoisotopic (exact) mass is 728 g/mol. The van der Waals surface area contributed by atoms with E-state index in [1.165, 1.54) is 147 Å². The third kappa shape index (κ3) is 4.41. The van der Waals surface area contributed by atoms with E-state index in [2.05, 4.69) is 182 Å². The van der Waals surface area contributed by atoms with Crippen LogP contribution in [-0.4, -0.2) is 54.9 Å². The van der Waals surface area contributed by atoms with Gasteiger partial charge in [-0.3, -0.25) is 0 Å². The summed E-state index contributed by atoms with van der Waals surface area (Å²) in [6.07, 6.45) is 0. The molecule has 0 N–H and O–H groups in total. The maximum atomic E-state index is 7.19. The van der Waals surface area contributed by atoms with Gasteiger partial charge in [-0.15, -0.1) is 5.46 Å².